The van der Waals surface area contributed by atoms with Crippen LogP contribution in [-0.2, 0) is 0 Å². The van der Waals surface area contributed by atoms with Gasteiger partial charge in [0.05, 0.1) is 16.7 Å². The van der Waals surface area contributed by atoms with Crippen LogP contribution in [0.1, 0.15) is 31.1 Å². The maximum absolute atomic E-state index is 13.6. The Morgan fingerprint density at radius 2 is 2.11 bits per heavy atom. The molecule has 0 heterocycles. The van der Waals surface area contributed by atoms with Crippen molar-refractivity contribution in [3.63, 3.8) is 0 Å². The number of nitro benzene ring substituents is 1. The lowest BCUT2D eigenvalue weighted by Gasteiger charge is -2.11. The summed E-state index contributed by atoms with van der Waals surface area (Å²) in [5.41, 5.74) is -0.629. The van der Waals surface area contributed by atoms with Crippen LogP contribution in [0.3, 0.4) is 0 Å². The highest BCUT2D eigenvalue weighted by molar-refractivity contribution is 5.99. The summed E-state index contributed by atoms with van der Waals surface area (Å²) in [6.07, 6.45) is 0. The lowest BCUT2D eigenvalue weighted by Crippen LogP contribution is -2.30. The predicted octanol–water partition coefficient (Wildman–Crippen LogP) is 2.30. The fraction of sp³-hybridized carbons (Fsp3) is 0.417. The van der Waals surface area contributed by atoms with E-state index < -0.39 is 22.3 Å². The Bertz CT molecular complexity index is 503. The molecule has 6 nitrogen and oxygen atoms in total. The quantitative estimate of drug-likeness (QED) is 0.634. The Kier molecular flexibility index (Phi) is 4.80. The zero-order valence-electron chi connectivity index (χ0n) is 11.0. The zero-order chi connectivity index (χ0) is 14.6. The molecular weight excluding hydrogens is 253 g/mol. The Hall–Kier alpha value is -2.18. The van der Waals surface area contributed by atoms with Gasteiger partial charge in [0.15, 0.2) is 5.82 Å². The second-order valence-electron chi connectivity index (χ2n) is 4.26. The van der Waals surface area contributed by atoms with E-state index in [4.69, 9.17) is 0 Å². The highest BCUT2D eigenvalue weighted by atomic mass is 19.1. The highest BCUT2D eigenvalue weighted by Crippen LogP contribution is 2.26. The van der Waals surface area contributed by atoms with E-state index in [1.807, 2.05) is 0 Å². The van der Waals surface area contributed by atoms with E-state index in [0.717, 1.165) is 12.1 Å². The number of carbonyl (C=O) groups is 1. The summed E-state index contributed by atoms with van der Waals surface area (Å²) < 4.78 is 13.6. The van der Waals surface area contributed by atoms with Crippen molar-refractivity contribution in [3.05, 3.63) is 33.6 Å². The number of rotatable bonds is 5. The van der Waals surface area contributed by atoms with Gasteiger partial charge >= 0.3 is 0 Å². The minimum absolute atomic E-state index is 0.0713. The molecule has 0 spiro atoms. The van der Waals surface area contributed by atoms with E-state index in [2.05, 4.69) is 10.6 Å². The fourth-order valence-corrected chi connectivity index (χ4v) is 1.56. The van der Waals surface area contributed by atoms with Crippen molar-refractivity contribution < 1.29 is 14.1 Å². The van der Waals surface area contributed by atoms with E-state index in [0.29, 0.717) is 6.54 Å². The minimum Gasteiger partial charge on any atom is -0.383 e. The van der Waals surface area contributed by atoms with Crippen LogP contribution in [0.5, 0.6) is 0 Å². The van der Waals surface area contributed by atoms with E-state index in [1.165, 1.54) is 0 Å². The molecule has 0 bridgehead atoms. The summed E-state index contributed by atoms with van der Waals surface area (Å²) in [6, 6.07) is 1.75. The molecule has 0 unspecified atom stereocenters. The number of halogens is 1. The average molecular weight is 269 g/mol. The number of nitrogens with zero attached hydrogens (tertiary/aromatic N) is 1. The molecule has 0 radical (unpaired) electrons. The molecule has 1 amide bonds. The molecule has 1 aromatic carbocycles. The molecule has 1 rings (SSSR count). The molecule has 0 saturated heterocycles. The Morgan fingerprint density at radius 3 is 2.58 bits per heavy atom. The van der Waals surface area contributed by atoms with Crippen LogP contribution in [-0.4, -0.2) is 23.4 Å². The van der Waals surface area contributed by atoms with E-state index in [9.17, 15) is 19.3 Å². The van der Waals surface area contributed by atoms with Gasteiger partial charge in [-0.3, -0.25) is 14.9 Å². The van der Waals surface area contributed by atoms with E-state index in [1.54, 1.807) is 20.8 Å². The number of amides is 1. The van der Waals surface area contributed by atoms with Crippen LogP contribution in [0.2, 0.25) is 0 Å². The summed E-state index contributed by atoms with van der Waals surface area (Å²) in [6.45, 7) is 5.67. The Balaban J connectivity index is 3.28. The third kappa shape index (κ3) is 3.64. The maximum atomic E-state index is 13.6. The second-order valence-corrected chi connectivity index (χ2v) is 4.26. The van der Waals surface area contributed by atoms with Gasteiger partial charge in [0.2, 0.25) is 0 Å². The molecule has 1 aromatic rings. The van der Waals surface area contributed by atoms with E-state index >= 15 is 0 Å². The monoisotopic (exact) mass is 269 g/mol. The number of hydrogen-bond acceptors (Lipinski definition) is 4. The van der Waals surface area contributed by atoms with Gasteiger partial charge in [-0.1, -0.05) is 0 Å². The lowest BCUT2D eigenvalue weighted by atomic mass is 10.1. The third-order valence-electron chi connectivity index (χ3n) is 2.31. The van der Waals surface area contributed by atoms with E-state index in [-0.39, 0.29) is 17.3 Å². The van der Waals surface area contributed by atoms with Crippen molar-refractivity contribution >= 4 is 17.3 Å². The number of nitrogens with one attached hydrogen (secondary N) is 2. The zero-order valence-corrected chi connectivity index (χ0v) is 11.0. The molecule has 104 valence electrons. The minimum atomic E-state index is -0.770. The van der Waals surface area contributed by atoms with Crippen LogP contribution < -0.4 is 10.6 Å². The summed E-state index contributed by atoms with van der Waals surface area (Å²) in [5.74, 6) is -1.35. The summed E-state index contributed by atoms with van der Waals surface area (Å²) in [4.78, 5) is 22.0. The lowest BCUT2D eigenvalue weighted by molar-refractivity contribution is -0.385. The fourth-order valence-electron chi connectivity index (χ4n) is 1.56. The van der Waals surface area contributed by atoms with Crippen molar-refractivity contribution in [3.8, 4) is 0 Å². The number of nitro groups is 1. The normalized spacial score (nSPS) is 10.4. The number of hydrogen-bond donors (Lipinski definition) is 2. The van der Waals surface area contributed by atoms with Crippen molar-refractivity contribution in [1.82, 2.24) is 5.32 Å². The Labute approximate surface area is 110 Å². The van der Waals surface area contributed by atoms with Gasteiger partial charge in [-0.2, -0.15) is 0 Å². The topological polar surface area (TPSA) is 84.3 Å². The first-order valence-electron chi connectivity index (χ1n) is 5.89. The van der Waals surface area contributed by atoms with Gasteiger partial charge in [0, 0.05) is 12.6 Å². The van der Waals surface area contributed by atoms with Crippen LogP contribution in [0.4, 0.5) is 15.8 Å². The molecule has 0 fully saturated rings. The molecule has 0 aliphatic carbocycles. The van der Waals surface area contributed by atoms with Gasteiger partial charge in [-0.05, 0) is 26.8 Å². The maximum Gasteiger partial charge on any atom is 0.285 e. The highest BCUT2D eigenvalue weighted by Gasteiger charge is 2.23. The second kappa shape index (κ2) is 6.12. The molecule has 0 aliphatic rings. The van der Waals surface area contributed by atoms with Gasteiger partial charge in [0.25, 0.3) is 11.6 Å². The predicted molar refractivity (Wildman–Crippen MR) is 69.8 cm³/mol. The number of benzene rings is 1. The first-order valence-corrected chi connectivity index (χ1v) is 5.89. The Morgan fingerprint density at radius 1 is 1.47 bits per heavy atom. The molecule has 2 N–H and O–H groups in total. The van der Waals surface area contributed by atoms with Crippen molar-refractivity contribution in [2.45, 2.75) is 26.8 Å². The SMILES string of the molecule is CCNc1cc(C(=O)NC(C)C)c([N+](=O)[O-])cc1F. The van der Waals surface area contributed by atoms with Crippen molar-refractivity contribution in [2.75, 3.05) is 11.9 Å². The first kappa shape index (κ1) is 14.9. The largest absolute Gasteiger partial charge is 0.383 e. The molecule has 19 heavy (non-hydrogen) atoms. The molecular formula is C12H16FN3O3. The first-order chi connectivity index (χ1) is 8.86. The van der Waals surface area contributed by atoms with Crippen LogP contribution >= 0.6 is 0 Å². The molecule has 0 atom stereocenters. The molecule has 7 heteroatoms. The van der Waals surface area contributed by atoms with Gasteiger partial charge < -0.3 is 10.6 Å². The van der Waals surface area contributed by atoms with Crippen LogP contribution in [0.15, 0.2) is 12.1 Å². The van der Waals surface area contributed by atoms with Crippen molar-refractivity contribution in [1.29, 1.82) is 0 Å². The average Bonchev–Trinajstić information content (AvgIpc) is 2.30. The smallest absolute Gasteiger partial charge is 0.285 e. The van der Waals surface area contributed by atoms with Crippen LogP contribution in [0.25, 0.3) is 0 Å². The van der Waals surface area contributed by atoms with Crippen molar-refractivity contribution in [2.24, 2.45) is 0 Å². The summed E-state index contributed by atoms with van der Waals surface area (Å²) >= 11 is 0. The number of carbonyl (C=O) groups excluding carboxylic acids is 1. The molecule has 0 saturated carbocycles. The van der Waals surface area contributed by atoms with Gasteiger partial charge in [-0.25, -0.2) is 4.39 Å². The number of anilines is 1. The standard InChI is InChI=1S/C12H16FN3O3/c1-4-14-10-5-8(12(17)15-7(2)3)11(16(18)19)6-9(10)13/h5-7,14H,4H2,1-3H3,(H,15,17). The van der Waals surface area contributed by atoms with Gasteiger partial charge in [0.1, 0.15) is 5.56 Å². The summed E-state index contributed by atoms with van der Waals surface area (Å²) in [5, 5.41) is 16.1. The third-order valence-corrected chi connectivity index (χ3v) is 2.31. The summed E-state index contributed by atoms with van der Waals surface area (Å²) in [7, 11) is 0. The molecule has 0 aliphatic heterocycles. The van der Waals surface area contributed by atoms with Crippen LogP contribution in [0, 0.1) is 15.9 Å². The molecule has 0 aromatic heterocycles. The van der Waals surface area contributed by atoms with Gasteiger partial charge in [-0.15, -0.1) is 0 Å².